The van der Waals surface area contributed by atoms with Crippen molar-refractivity contribution in [2.75, 3.05) is 22.8 Å². The van der Waals surface area contributed by atoms with Crippen LogP contribution in [0, 0.1) is 0 Å². The molecule has 29 heavy (non-hydrogen) atoms. The molecule has 0 fully saturated rings. The zero-order valence-electron chi connectivity index (χ0n) is 16.2. The first-order valence-corrected chi connectivity index (χ1v) is 10.7. The van der Waals surface area contributed by atoms with Crippen LogP contribution >= 0.6 is 0 Å². The minimum absolute atomic E-state index is 0.215. The lowest BCUT2D eigenvalue weighted by atomic mass is 10.1. The summed E-state index contributed by atoms with van der Waals surface area (Å²) < 4.78 is 32.2. The van der Waals surface area contributed by atoms with Crippen molar-refractivity contribution in [1.29, 1.82) is 0 Å². The van der Waals surface area contributed by atoms with Crippen molar-refractivity contribution in [2.45, 2.75) is 31.2 Å². The standard InChI is InChI=1S/C20H23N3O5S/c1-3-28-19(24)14(2)21-20(25)22-16-10-9-15-11-12-23(18(15)13-16)29(26,27)17-7-5-4-6-8-17/h4-10,13-14H,3,11-12H2,1-2H3,(H2,21,22,25)/t14-/m0/s1. The van der Waals surface area contributed by atoms with Gasteiger partial charge in [0.2, 0.25) is 0 Å². The highest BCUT2D eigenvalue weighted by molar-refractivity contribution is 7.92. The molecular weight excluding hydrogens is 394 g/mol. The van der Waals surface area contributed by atoms with Gasteiger partial charge in [-0.2, -0.15) is 0 Å². The van der Waals surface area contributed by atoms with Crippen molar-refractivity contribution < 1.29 is 22.7 Å². The molecule has 0 spiro atoms. The number of benzene rings is 2. The first kappa shape index (κ1) is 20.7. The molecule has 0 radical (unpaired) electrons. The minimum Gasteiger partial charge on any atom is -0.464 e. The van der Waals surface area contributed by atoms with E-state index in [0.29, 0.717) is 24.3 Å². The van der Waals surface area contributed by atoms with E-state index in [-0.39, 0.29) is 11.5 Å². The molecule has 0 bridgehead atoms. The number of carbonyl (C=O) groups excluding carboxylic acids is 2. The minimum atomic E-state index is -3.69. The summed E-state index contributed by atoms with van der Waals surface area (Å²) in [6.45, 7) is 3.77. The number of anilines is 2. The van der Waals surface area contributed by atoms with Gasteiger partial charge in [-0.15, -0.1) is 0 Å². The smallest absolute Gasteiger partial charge is 0.328 e. The third kappa shape index (κ3) is 4.51. The van der Waals surface area contributed by atoms with Crippen LogP contribution in [-0.4, -0.2) is 39.6 Å². The summed E-state index contributed by atoms with van der Waals surface area (Å²) in [4.78, 5) is 24.0. The molecule has 0 saturated carbocycles. The van der Waals surface area contributed by atoms with Gasteiger partial charge in [-0.1, -0.05) is 24.3 Å². The monoisotopic (exact) mass is 417 g/mol. The Kier molecular flexibility index (Phi) is 6.07. The molecule has 8 nitrogen and oxygen atoms in total. The van der Waals surface area contributed by atoms with Gasteiger partial charge >= 0.3 is 12.0 Å². The number of amides is 2. The number of fused-ring (bicyclic) bond motifs is 1. The number of rotatable bonds is 6. The Hall–Kier alpha value is -3.07. The Morgan fingerprint density at radius 1 is 1.17 bits per heavy atom. The summed E-state index contributed by atoms with van der Waals surface area (Å²) in [5, 5.41) is 5.12. The van der Waals surface area contributed by atoms with Gasteiger partial charge in [-0.25, -0.2) is 18.0 Å². The number of carbonyl (C=O) groups is 2. The summed E-state index contributed by atoms with van der Waals surface area (Å²) in [7, 11) is -3.69. The number of hydrogen-bond donors (Lipinski definition) is 2. The maximum atomic E-state index is 13.0. The summed E-state index contributed by atoms with van der Waals surface area (Å²) in [6, 6.07) is 12.0. The third-order valence-corrected chi connectivity index (χ3v) is 6.34. The van der Waals surface area contributed by atoms with Crippen LogP contribution in [0.4, 0.5) is 16.2 Å². The van der Waals surface area contributed by atoms with Crippen LogP contribution in [-0.2, 0) is 26.0 Å². The summed E-state index contributed by atoms with van der Waals surface area (Å²) in [5.74, 6) is -0.531. The molecule has 1 heterocycles. The van der Waals surface area contributed by atoms with Crippen LogP contribution in [0.25, 0.3) is 0 Å². The second-order valence-electron chi connectivity index (χ2n) is 6.56. The van der Waals surface area contributed by atoms with E-state index in [1.807, 2.05) is 0 Å². The van der Waals surface area contributed by atoms with Crippen LogP contribution in [0.2, 0.25) is 0 Å². The van der Waals surface area contributed by atoms with Crippen LogP contribution in [0.15, 0.2) is 53.4 Å². The molecule has 2 aromatic carbocycles. The van der Waals surface area contributed by atoms with E-state index in [0.717, 1.165) is 5.56 Å². The molecule has 1 aliphatic rings. The summed E-state index contributed by atoms with van der Waals surface area (Å²) in [5.41, 5.74) is 1.84. The van der Waals surface area contributed by atoms with E-state index in [9.17, 15) is 18.0 Å². The number of nitrogens with one attached hydrogen (secondary N) is 2. The molecule has 2 amide bonds. The predicted octanol–water partition coefficient (Wildman–Crippen LogP) is 2.51. The number of sulfonamides is 1. The van der Waals surface area contributed by atoms with E-state index < -0.39 is 28.1 Å². The highest BCUT2D eigenvalue weighted by Gasteiger charge is 2.31. The molecule has 0 saturated heterocycles. The number of urea groups is 1. The van der Waals surface area contributed by atoms with Gasteiger partial charge in [-0.05, 0) is 50.1 Å². The summed E-state index contributed by atoms with van der Waals surface area (Å²) >= 11 is 0. The fourth-order valence-corrected chi connectivity index (χ4v) is 4.60. The fraction of sp³-hybridized carbons (Fsp3) is 0.300. The molecule has 2 N–H and O–H groups in total. The summed E-state index contributed by atoms with van der Waals surface area (Å²) in [6.07, 6.45) is 0.591. The predicted molar refractivity (Wildman–Crippen MR) is 109 cm³/mol. The zero-order valence-corrected chi connectivity index (χ0v) is 17.0. The first-order chi connectivity index (χ1) is 13.8. The second-order valence-corrected chi connectivity index (χ2v) is 8.42. The number of esters is 1. The topological polar surface area (TPSA) is 105 Å². The van der Waals surface area contributed by atoms with Gasteiger partial charge in [0.15, 0.2) is 0 Å². The molecule has 1 atom stereocenters. The number of ether oxygens (including phenoxy) is 1. The van der Waals surface area contributed by atoms with E-state index in [4.69, 9.17) is 4.74 Å². The quantitative estimate of drug-likeness (QED) is 0.703. The van der Waals surface area contributed by atoms with Crippen molar-refractivity contribution in [3.8, 4) is 0 Å². The lowest BCUT2D eigenvalue weighted by Crippen LogP contribution is -2.41. The van der Waals surface area contributed by atoms with Crippen LogP contribution in [0.1, 0.15) is 19.4 Å². The van der Waals surface area contributed by atoms with Crippen LogP contribution < -0.4 is 14.9 Å². The van der Waals surface area contributed by atoms with Crippen LogP contribution in [0.5, 0.6) is 0 Å². The number of nitrogens with zero attached hydrogens (tertiary/aromatic N) is 1. The van der Waals surface area contributed by atoms with Crippen molar-refractivity contribution in [2.24, 2.45) is 0 Å². The average molecular weight is 417 g/mol. The van der Waals surface area contributed by atoms with Gasteiger partial charge in [-0.3, -0.25) is 4.31 Å². The Morgan fingerprint density at radius 3 is 2.59 bits per heavy atom. The Labute approximate surface area is 169 Å². The lowest BCUT2D eigenvalue weighted by Gasteiger charge is -2.20. The molecule has 3 rings (SSSR count). The van der Waals surface area contributed by atoms with Gasteiger partial charge in [0.1, 0.15) is 6.04 Å². The van der Waals surface area contributed by atoms with E-state index in [1.165, 1.54) is 11.2 Å². The van der Waals surface area contributed by atoms with Crippen molar-refractivity contribution in [3.05, 3.63) is 54.1 Å². The fourth-order valence-electron chi connectivity index (χ4n) is 3.09. The Morgan fingerprint density at radius 2 is 1.90 bits per heavy atom. The zero-order chi connectivity index (χ0) is 21.0. The van der Waals surface area contributed by atoms with Crippen molar-refractivity contribution in [1.82, 2.24) is 5.32 Å². The average Bonchev–Trinajstić information content (AvgIpc) is 3.12. The molecule has 0 aliphatic carbocycles. The van der Waals surface area contributed by atoms with E-state index in [2.05, 4.69) is 10.6 Å². The van der Waals surface area contributed by atoms with Crippen molar-refractivity contribution >= 4 is 33.4 Å². The first-order valence-electron chi connectivity index (χ1n) is 9.27. The molecule has 9 heteroatoms. The molecule has 2 aromatic rings. The molecule has 1 aliphatic heterocycles. The van der Waals surface area contributed by atoms with Crippen LogP contribution in [0.3, 0.4) is 0 Å². The van der Waals surface area contributed by atoms with E-state index >= 15 is 0 Å². The highest BCUT2D eigenvalue weighted by Crippen LogP contribution is 2.35. The molecule has 154 valence electrons. The molecule has 0 aromatic heterocycles. The molecular formula is C20H23N3O5S. The normalized spacial score (nSPS) is 14.1. The van der Waals surface area contributed by atoms with Gasteiger partial charge in [0, 0.05) is 12.2 Å². The maximum absolute atomic E-state index is 13.0. The van der Waals surface area contributed by atoms with Gasteiger partial charge in [0.25, 0.3) is 10.0 Å². The SMILES string of the molecule is CCOC(=O)[C@H](C)NC(=O)Nc1ccc2c(c1)N(S(=O)(=O)c1ccccc1)CC2. The van der Waals surface area contributed by atoms with Crippen molar-refractivity contribution in [3.63, 3.8) is 0 Å². The lowest BCUT2D eigenvalue weighted by molar-refractivity contribution is -0.144. The van der Waals surface area contributed by atoms with Gasteiger partial charge < -0.3 is 15.4 Å². The van der Waals surface area contributed by atoms with Gasteiger partial charge in [0.05, 0.1) is 17.2 Å². The Balaban J connectivity index is 1.76. The highest BCUT2D eigenvalue weighted by atomic mass is 32.2. The Bertz CT molecular complexity index is 1010. The largest absolute Gasteiger partial charge is 0.464 e. The second kappa shape index (κ2) is 8.52. The number of hydrogen-bond acceptors (Lipinski definition) is 5. The molecule has 0 unspecified atom stereocenters. The third-order valence-electron chi connectivity index (χ3n) is 4.52. The van der Waals surface area contributed by atoms with E-state index in [1.54, 1.807) is 55.5 Å². The maximum Gasteiger partial charge on any atom is 0.328 e.